The number of hydrogen-bond acceptors (Lipinski definition) is 9. The Morgan fingerprint density at radius 3 is 2.80 bits per heavy atom. The van der Waals surface area contributed by atoms with Gasteiger partial charge in [-0.05, 0) is 42.2 Å². The van der Waals surface area contributed by atoms with Gasteiger partial charge in [0.05, 0.1) is 24.4 Å². The second-order valence-electron chi connectivity index (χ2n) is 9.95. The van der Waals surface area contributed by atoms with E-state index in [1.54, 1.807) is 24.5 Å². The molecule has 11 nitrogen and oxygen atoms in total. The maximum absolute atomic E-state index is 14.8. The molecule has 13 heteroatoms. The van der Waals surface area contributed by atoms with Gasteiger partial charge in [0.2, 0.25) is 5.91 Å². The molecule has 2 unspecified atom stereocenters. The van der Waals surface area contributed by atoms with Crippen LogP contribution in [0.5, 0.6) is 5.75 Å². The Kier molecular flexibility index (Phi) is 7.87. The monoisotopic (exact) mass is 564 g/mol. The van der Waals surface area contributed by atoms with E-state index in [1.165, 1.54) is 18.5 Å². The Morgan fingerprint density at radius 2 is 2.10 bits per heavy atom. The molecule has 5 rings (SSSR count). The molecule has 41 heavy (non-hydrogen) atoms. The number of piperidine rings is 1. The van der Waals surface area contributed by atoms with Crippen LogP contribution in [-0.4, -0.2) is 79.7 Å². The van der Waals surface area contributed by atoms with Gasteiger partial charge in [-0.3, -0.25) is 14.6 Å². The van der Waals surface area contributed by atoms with Crippen LogP contribution < -0.4 is 10.1 Å². The molecule has 1 aromatic carbocycles. The second kappa shape index (κ2) is 11.5. The number of nitrogens with zero attached hydrogens (tertiary/aromatic N) is 5. The van der Waals surface area contributed by atoms with Crippen LogP contribution in [-0.2, 0) is 9.59 Å². The lowest BCUT2D eigenvalue weighted by Crippen LogP contribution is -2.57. The number of nitrogens with one attached hydrogen (secondary N) is 1. The summed E-state index contributed by atoms with van der Waals surface area (Å²) < 4.78 is 35.2. The van der Waals surface area contributed by atoms with Crippen LogP contribution >= 0.6 is 0 Å². The van der Waals surface area contributed by atoms with Crippen LogP contribution in [0.15, 0.2) is 55.1 Å². The van der Waals surface area contributed by atoms with Gasteiger partial charge in [0.15, 0.2) is 12.2 Å². The lowest BCUT2D eigenvalue weighted by atomic mass is 10.0. The van der Waals surface area contributed by atoms with Gasteiger partial charge >= 0.3 is 5.92 Å². The molecule has 0 bridgehead atoms. The molecule has 1 saturated carbocycles. The first-order valence-corrected chi connectivity index (χ1v) is 12.9. The van der Waals surface area contributed by atoms with Gasteiger partial charge < -0.3 is 25.2 Å². The fraction of sp³-hybridized carbons (Fsp3) is 0.357. The number of anilines is 1. The number of halogens is 2. The van der Waals surface area contributed by atoms with Crippen molar-refractivity contribution >= 4 is 17.6 Å². The summed E-state index contributed by atoms with van der Waals surface area (Å²) in [6.45, 7) is -1.98. The number of rotatable bonds is 8. The summed E-state index contributed by atoms with van der Waals surface area (Å²) in [5.41, 5.74) is 1.88. The fourth-order valence-electron chi connectivity index (χ4n) is 4.83. The van der Waals surface area contributed by atoms with Crippen molar-refractivity contribution in [1.29, 1.82) is 5.26 Å². The van der Waals surface area contributed by atoms with Crippen LogP contribution in [0, 0.1) is 17.2 Å². The number of pyridine rings is 1. The van der Waals surface area contributed by atoms with Gasteiger partial charge in [-0.2, -0.15) is 5.26 Å². The van der Waals surface area contributed by atoms with Gasteiger partial charge in [-0.1, -0.05) is 6.07 Å². The highest BCUT2D eigenvalue weighted by Crippen LogP contribution is 2.47. The molecule has 1 aliphatic carbocycles. The molecule has 2 fully saturated rings. The zero-order chi connectivity index (χ0) is 29.1. The molecular weight excluding hydrogens is 538 g/mol. The van der Waals surface area contributed by atoms with Crippen molar-refractivity contribution < 1.29 is 33.3 Å². The average Bonchev–Trinajstić information content (AvgIpc) is 3.79. The summed E-state index contributed by atoms with van der Waals surface area (Å²) in [4.78, 5) is 38.0. The van der Waals surface area contributed by atoms with E-state index < -0.39 is 37.2 Å². The predicted molar refractivity (Wildman–Crippen MR) is 140 cm³/mol. The van der Waals surface area contributed by atoms with Gasteiger partial charge in [-0.15, -0.1) is 0 Å². The number of carbonyl (C=O) groups excluding carboxylic acids is 2. The number of benzene rings is 1. The number of aromatic nitrogens is 3. The normalized spacial score (nSPS) is 21.8. The Bertz CT molecular complexity index is 1480. The Morgan fingerprint density at radius 1 is 1.27 bits per heavy atom. The van der Waals surface area contributed by atoms with E-state index in [2.05, 4.69) is 20.3 Å². The van der Waals surface area contributed by atoms with Crippen molar-refractivity contribution in [3.05, 3.63) is 66.2 Å². The Balaban J connectivity index is 1.25. The molecule has 2 aliphatic rings. The number of carbonyl (C=O) groups is 2. The molecule has 2 aromatic heterocycles. The van der Waals surface area contributed by atoms with Crippen LogP contribution in [0.4, 0.5) is 14.6 Å². The molecule has 1 saturated heterocycles. The topological polar surface area (TPSA) is 162 Å². The first-order valence-electron chi connectivity index (χ1n) is 12.9. The van der Waals surface area contributed by atoms with E-state index in [9.17, 15) is 28.7 Å². The maximum Gasteiger partial charge on any atom is 0.301 e. The minimum Gasteiger partial charge on any atom is -0.483 e. The lowest BCUT2D eigenvalue weighted by Gasteiger charge is -2.38. The summed E-state index contributed by atoms with van der Waals surface area (Å²) in [7, 11) is 0. The molecule has 3 heterocycles. The molecular formula is C28H26F2N6O5. The van der Waals surface area contributed by atoms with Gasteiger partial charge in [-0.25, -0.2) is 18.7 Å². The Labute approximate surface area is 233 Å². The van der Waals surface area contributed by atoms with Crippen molar-refractivity contribution in [2.75, 3.05) is 25.0 Å². The van der Waals surface area contributed by atoms with Crippen LogP contribution in [0.2, 0.25) is 0 Å². The van der Waals surface area contributed by atoms with Crippen molar-refractivity contribution in [3.63, 3.8) is 0 Å². The zero-order valence-electron chi connectivity index (χ0n) is 21.7. The van der Waals surface area contributed by atoms with Crippen LogP contribution in [0.3, 0.4) is 0 Å². The summed E-state index contributed by atoms with van der Waals surface area (Å²) in [6, 6.07) is 11.6. The van der Waals surface area contributed by atoms with Gasteiger partial charge in [0, 0.05) is 42.9 Å². The maximum atomic E-state index is 14.8. The number of hydrogen-bond donors (Lipinski definition) is 3. The van der Waals surface area contributed by atoms with Crippen molar-refractivity contribution in [1.82, 2.24) is 19.9 Å². The smallest absolute Gasteiger partial charge is 0.301 e. The molecule has 3 aromatic rings. The zero-order valence-corrected chi connectivity index (χ0v) is 21.7. The number of aliphatic hydroxyl groups is 2. The molecule has 0 spiro atoms. The second-order valence-corrected chi connectivity index (χ2v) is 9.95. The number of nitriles is 1. The molecule has 4 atom stereocenters. The van der Waals surface area contributed by atoms with Crippen molar-refractivity contribution in [2.45, 2.75) is 36.9 Å². The molecule has 2 amide bonds. The third-order valence-corrected chi connectivity index (χ3v) is 7.13. The number of amides is 2. The summed E-state index contributed by atoms with van der Waals surface area (Å²) >= 11 is 0. The quantitative estimate of drug-likeness (QED) is 0.372. The van der Waals surface area contributed by atoms with E-state index in [0.29, 0.717) is 17.7 Å². The third kappa shape index (κ3) is 6.13. The summed E-state index contributed by atoms with van der Waals surface area (Å²) in [5, 5.41) is 30.9. The minimum absolute atomic E-state index is 0.00556. The lowest BCUT2D eigenvalue weighted by molar-refractivity contribution is -0.167. The van der Waals surface area contributed by atoms with E-state index in [-0.39, 0.29) is 47.8 Å². The molecule has 0 radical (unpaired) electrons. The number of ether oxygens (including phenoxy) is 1. The van der Waals surface area contributed by atoms with E-state index in [4.69, 9.17) is 9.84 Å². The van der Waals surface area contributed by atoms with E-state index in [1.807, 2.05) is 18.2 Å². The number of aliphatic hydroxyl groups excluding tert-OH is 2. The van der Waals surface area contributed by atoms with Crippen molar-refractivity contribution in [3.8, 4) is 23.1 Å². The minimum atomic E-state index is -3.47. The van der Waals surface area contributed by atoms with Gasteiger partial charge in [0.25, 0.3) is 5.91 Å². The predicted octanol–water partition coefficient (Wildman–Crippen LogP) is 2.12. The molecule has 212 valence electrons. The van der Waals surface area contributed by atoms with E-state index >= 15 is 0 Å². The highest BCUT2D eigenvalue weighted by molar-refractivity contribution is 5.94. The van der Waals surface area contributed by atoms with E-state index in [0.717, 1.165) is 10.5 Å². The number of alkyl halides is 2. The first-order chi connectivity index (χ1) is 19.7. The SMILES string of the molecule is N#Cc1cc(-c2cc(NC(=O)C3CC3c3cccnc3)ncn2)ccc1O[C@H]1CCN(C(=O)[C@@H](O)CO)CC1(F)F. The largest absolute Gasteiger partial charge is 0.483 e. The molecule has 1 aliphatic heterocycles. The average molecular weight is 565 g/mol. The van der Waals surface area contributed by atoms with Crippen molar-refractivity contribution in [2.24, 2.45) is 5.92 Å². The first kappa shape index (κ1) is 28.0. The highest BCUT2D eigenvalue weighted by atomic mass is 19.3. The fourth-order valence-corrected chi connectivity index (χ4v) is 4.83. The molecule has 3 N–H and O–H groups in total. The standard InChI is InChI=1S/C28H26F2N6O5/c29-28(30)14-36(27(40)22(38)13-37)7-5-24(28)41-23-4-3-16(8-18(23)11-31)21-10-25(34-15-33-21)35-26(39)20-9-19(20)17-2-1-6-32-12-17/h1-4,6,8,10,12,15,19-20,22,24,37-38H,5,7,9,13-14H2,(H,33,34,35,39)/t19?,20?,22-,24-/m0/s1. The summed E-state index contributed by atoms with van der Waals surface area (Å²) in [5.74, 6) is -4.50. The Hall–Kier alpha value is -4.54. The van der Waals surface area contributed by atoms with Crippen LogP contribution in [0.1, 0.15) is 29.9 Å². The van der Waals surface area contributed by atoms with Gasteiger partial charge in [0.1, 0.15) is 24.0 Å². The number of likely N-dealkylation sites (tertiary alicyclic amines) is 1. The van der Waals surface area contributed by atoms with Crippen LogP contribution in [0.25, 0.3) is 11.3 Å². The highest BCUT2D eigenvalue weighted by Gasteiger charge is 2.48. The summed E-state index contributed by atoms with van der Waals surface area (Å²) in [6.07, 6.45) is 1.77. The third-order valence-electron chi connectivity index (χ3n) is 7.13.